The Morgan fingerprint density at radius 2 is 2.00 bits per heavy atom. The number of ether oxygens (including phenoxy) is 2. The molecule has 6 heteroatoms. The van der Waals surface area contributed by atoms with Crippen molar-refractivity contribution >= 4 is 10.9 Å². The largest absolute Gasteiger partial charge is 0.483 e. The van der Waals surface area contributed by atoms with Crippen molar-refractivity contribution in [1.82, 2.24) is 15.1 Å². The summed E-state index contributed by atoms with van der Waals surface area (Å²) in [5.41, 5.74) is 2.97. The molecule has 3 aromatic rings. The maximum Gasteiger partial charge on any atom is 0.264 e. The zero-order valence-electron chi connectivity index (χ0n) is 12.8. The van der Waals surface area contributed by atoms with Crippen LogP contribution in [-0.2, 0) is 18.0 Å². The number of benzene rings is 1. The number of fused-ring (bicyclic) bond motifs is 1. The summed E-state index contributed by atoms with van der Waals surface area (Å²) in [5.74, 6) is 1.69. The molecular formula is C16H17N3O3. The third-order valence-corrected chi connectivity index (χ3v) is 3.27. The average molecular weight is 299 g/mol. The second-order valence-electron chi connectivity index (χ2n) is 5.06. The van der Waals surface area contributed by atoms with Gasteiger partial charge in [0, 0.05) is 24.3 Å². The lowest BCUT2D eigenvalue weighted by atomic mass is 10.1. The van der Waals surface area contributed by atoms with Crippen LogP contribution in [0.5, 0.6) is 5.75 Å². The Kier molecular flexibility index (Phi) is 4.02. The van der Waals surface area contributed by atoms with E-state index in [1.54, 1.807) is 7.11 Å². The first-order chi connectivity index (χ1) is 10.7. The van der Waals surface area contributed by atoms with Gasteiger partial charge >= 0.3 is 0 Å². The van der Waals surface area contributed by atoms with Gasteiger partial charge in [-0.1, -0.05) is 17.3 Å². The highest BCUT2D eigenvalue weighted by molar-refractivity contribution is 5.87. The number of para-hydroxylation sites is 1. The standard InChI is InChI=1S/C16H17N3O3/c1-10-5-4-6-12-13(7-11(2)17-16(10)12)21-9-15-18-14(8-20-3)19-22-15/h4-7H,8-9H2,1-3H3. The van der Waals surface area contributed by atoms with Crippen LogP contribution >= 0.6 is 0 Å². The molecule has 0 saturated carbocycles. The summed E-state index contributed by atoms with van der Waals surface area (Å²) < 4.78 is 15.9. The van der Waals surface area contributed by atoms with Gasteiger partial charge in [0.2, 0.25) is 0 Å². The van der Waals surface area contributed by atoms with Gasteiger partial charge in [0.25, 0.3) is 5.89 Å². The fourth-order valence-electron chi connectivity index (χ4n) is 2.28. The Hall–Kier alpha value is -2.47. The number of hydrogen-bond acceptors (Lipinski definition) is 6. The van der Waals surface area contributed by atoms with Crippen molar-refractivity contribution in [3.8, 4) is 5.75 Å². The molecule has 0 N–H and O–H groups in total. The van der Waals surface area contributed by atoms with E-state index in [-0.39, 0.29) is 6.61 Å². The van der Waals surface area contributed by atoms with Gasteiger partial charge in [0.15, 0.2) is 12.4 Å². The van der Waals surface area contributed by atoms with E-state index in [0.717, 1.165) is 27.9 Å². The minimum Gasteiger partial charge on any atom is -0.483 e. The van der Waals surface area contributed by atoms with E-state index >= 15 is 0 Å². The second kappa shape index (κ2) is 6.11. The molecule has 114 valence electrons. The Morgan fingerprint density at radius 3 is 2.82 bits per heavy atom. The normalized spacial score (nSPS) is 11.0. The van der Waals surface area contributed by atoms with E-state index in [2.05, 4.69) is 15.1 Å². The number of methoxy groups -OCH3 is 1. The molecule has 1 aromatic carbocycles. The predicted molar refractivity (Wildman–Crippen MR) is 80.6 cm³/mol. The van der Waals surface area contributed by atoms with Crippen molar-refractivity contribution in [2.75, 3.05) is 7.11 Å². The summed E-state index contributed by atoms with van der Waals surface area (Å²) in [4.78, 5) is 8.76. The minimum absolute atomic E-state index is 0.212. The number of pyridine rings is 1. The fraction of sp³-hybridized carbons (Fsp3) is 0.312. The third-order valence-electron chi connectivity index (χ3n) is 3.27. The lowest BCUT2D eigenvalue weighted by molar-refractivity contribution is 0.174. The van der Waals surface area contributed by atoms with Gasteiger partial charge < -0.3 is 14.0 Å². The lowest BCUT2D eigenvalue weighted by Gasteiger charge is -2.10. The number of nitrogens with zero attached hydrogens (tertiary/aromatic N) is 3. The molecule has 2 aromatic heterocycles. The molecule has 0 amide bonds. The molecule has 0 fully saturated rings. The van der Waals surface area contributed by atoms with Crippen molar-refractivity contribution < 1.29 is 14.0 Å². The topological polar surface area (TPSA) is 70.3 Å². The Morgan fingerprint density at radius 1 is 1.14 bits per heavy atom. The number of rotatable bonds is 5. The van der Waals surface area contributed by atoms with Crippen molar-refractivity contribution in [2.45, 2.75) is 27.1 Å². The molecule has 2 heterocycles. The summed E-state index contributed by atoms with van der Waals surface area (Å²) in [5, 5.41) is 4.78. The van der Waals surface area contributed by atoms with Crippen LogP contribution in [-0.4, -0.2) is 22.2 Å². The Balaban J connectivity index is 1.85. The molecule has 0 spiro atoms. The van der Waals surface area contributed by atoms with Gasteiger partial charge in [-0.2, -0.15) is 4.98 Å². The van der Waals surface area contributed by atoms with E-state index in [4.69, 9.17) is 14.0 Å². The second-order valence-corrected chi connectivity index (χ2v) is 5.06. The fourth-order valence-corrected chi connectivity index (χ4v) is 2.28. The van der Waals surface area contributed by atoms with Gasteiger partial charge in [0.1, 0.15) is 12.4 Å². The Bertz CT molecular complexity index is 798. The van der Waals surface area contributed by atoms with E-state index in [1.807, 2.05) is 38.1 Å². The van der Waals surface area contributed by atoms with Crippen LogP contribution < -0.4 is 4.74 Å². The van der Waals surface area contributed by atoms with Gasteiger partial charge in [0.05, 0.1) is 5.52 Å². The molecule has 0 aliphatic heterocycles. The van der Waals surface area contributed by atoms with E-state index < -0.39 is 0 Å². The van der Waals surface area contributed by atoms with Crippen LogP contribution in [0.3, 0.4) is 0 Å². The predicted octanol–water partition coefficient (Wildman–Crippen LogP) is 2.96. The number of aromatic nitrogens is 3. The number of hydrogen-bond donors (Lipinski definition) is 0. The molecule has 0 aliphatic rings. The summed E-state index contributed by atoms with van der Waals surface area (Å²) in [7, 11) is 1.58. The van der Waals surface area contributed by atoms with Crippen LogP contribution in [0.25, 0.3) is 10.9 Å². The van der Waals surface area contributed by atoms with Gasteiger partial charge in [-0.15, -0.1) is 0 Å². The highest BCUT2D eigenvalue weighted by Crippen LogP contribution is 2.27. The quantitative estimate of drug-likeness (QED) is 0.721. The summed E-state index contributed by atoms with van der Waals surface area (Å²) >= 11 is 0. The third kappa shape index (κ3) is 2.92. The molecule has 22 heavy (non-hydrogen) atoms. The maximum atomic E-state index is 5.86. The first kappa shape index (κ1) is 14.5. The lowest BCUT2D eigenvalue weighted by Crippen LogP contribution is -1.99. The molecule has 6 nitrogen and oxygen atoms in total. The molecule has 0 aliphatic carbocycles. The zero-order chi connectivity index (χ0) is 15.5. The van der Waals surface area contributed by atoms with E-state index in [1.165, 1.54) is 0 Å². The average Bonchev–Trinajstić information content (AvgIpc) is 2.94. The van der Waals surface area contributed by atoms with Gasteiger partial charge in [-0.25, -0.2) is 0 Å². The van der Waals surface area contributed by atoms with Crippen LogP contribution in [0.15, 0.2) is 28.8 Å². The van der Waals surface area contributed by atoms with Crippen LogP contribution in [0.4, 0.5) is 0 Å². The van der Waals surface area contributed by atoms with Crippen molar-refractivity contribution in [2.24, 2.45) is 0 Å². The van der Waals surface area contributed by atoms with Crippen LogP contribution in [0, 0.1) is 13.8 Å². The van der Waals surface area contributed by atoms with E-state index in [0.29, 0.717) is 18.3 Å². The van der Waals surface area contributed by atoms with Crippen molar-refractivity contribution in [1.29, 1.82) is 0 Å². The molecular weight excluding hydrogens is 282 g/mol. The smallest absolute Gasteiger partial charge is 0.264 e. The highest BCUT2D eigenvalue weighted by Gasteiger charge is 2.10. The monoisotopic (exact) mass is 299 g/mol. The van der Waals surface area contributed by atoms with Crippen molar-refractivity contribution in [3.05, 3.63) is 47.2 Å². The van der Waals surface area contributed by atoms with E-state index in [9.17, 15) is 0 Å². The van der Waals surface area contributed by atoms with Gasteiger partial charge in [-0.05, 0) is 25.5 Å². The van der Waals surface area contributed by atoms with Crippen LogP contribution in [0.1, 0.15) is 23.0 Å². The first-order valence-corrected chi connectivity index (χ1v) is 6.97. The van der Waals surface area contributed by atoms with Crippen LogP contribution in [0.2, 0.25) is 0 Å². The first-order valence-electron chi connectivity index (χ1n) is 6.97. The molecule has 0 bridgehead atoms. The summed E-state index contributed by atoms with van der Waals surface area (Å²) in [6.45, 7) is 4.51. The maximum absolute atomic E-state index is 5.86. The van der Waals surface area contributed by atoms with Crippen molar-refractivity contribution in [3.63, 3.8) is 0 Å². The summed E-state index contributed by atoms with van der Waals surface area (Å²) in [6.07, 6.45) is 0. The summed E-state index contributed by atoms with van der Waals surface area (Å²) in [6, 6.07) is 7.93. The zero-order valence-corrected chi connectivity index (χ0v) is 12.8. The molecule has 0 saturated heterocycles. The minimum atomic E-state index is 0.212. The molecule has 0 radical (unpaired) electrons. The molecule has 0 atom stereocenters. The molecule has 0 unspecified atom stereocenters. The van der Waals surface area contributed by atoms with Gasteiger partial charge in [-0.3, -0.25) is 4.98 Å². The SMILES string of the molecule is COCc1noc(COc2cc(C)nc3c(C)cccc23)n1. The highest BCUT2D eigenvalue weighted by atomic mass is 16.5. The molecule has 3 rings (SSSR count). The number of aryl methyl sites for hydroxylation is 2. The Labute approximate surface area is 128 Å².